The second-order valence-electron chi connectivity index (χ2n) is 4.71. The molecule has 1 aromatic rings. The third kappa shape index (κ3) is 2.46. The molecule has 1 aliphatic rings. The van der Waals surface area contributed by atoms with E-state index in [1.165, 1.54) is 0 Å². The van der Waals surface area contributed by atoms with Crippen LogP contribution < -0.4 is 5.32 Å². The van der Waals surface area contributed by atoms with Crippen molar-refractivity contribution in [3.8, 4) is 0 Å². The summed E-state index contributed by atoms with van der Waals surface area (Å²) in [7, 11) is 0. The number of rotatable bonds is 5. The summed E-state index contributed by atoms with van der Waals surface area (Å²) in [6.45, 7) is 2.31. The molecule has 1 unspecified atom stereocenters. The van der Waals surface area contributed by atoms with Gasteiger partial charge in [-0.2, -0.15) is 0 Å². The highest BCUT2D eigenvalue weighted by Crippen LogP contribution is 2.32. The van der Waals surface area contributed by atoms with Crippen molar-refractivity contribution in [1.29, 1.82) is 0 Å². The Hall–Kier alpha value is -1.88. The van der Waals surface area contributed by atoms with Gasteiger partial charge < -0.3 is 15.2 Å². The Balaban J connectivity index is 2.18. The van der Waals surface area contributed by atoms with Gasteiger partial charge in [-0.05, 0) is 12.0 Å². The summed E-state index contributed by atoms with van der Waals surface area (Å²) >= 11 is 0. The van der Waals surface area contributed by atoms with Crippen LogP contribution in [0.15, 0.2) is 30.3 Å². The van der Waals surface area contributed by atoms with Crippen LogP contribution in [-0.4, -0.2) is 36.2 Å². The van der Waals surface area contributed by atoms with E-state index in [0.29, 0.717) is 19.6 Å². The molecule has 2 N–H and O–H groups in total. The van der Waals surface area contributed by atoms with Gasteiger partial charge >= 0.3 is 5.97 Å². The minimum Gasteiger partial charge on any atom is -0.480 e. The Kier molecular flexibility index (Phi) is 3.85. The van der Waals surface area contributed by atoms with Crippen LogP contribution in [0.25, 0.3) is 0 Å². The summed E-state index contributed by atoms with van der Waals surface area (Å²) in [6, 6.07) is 8.47. The van der Waals surface area contributed by atoms with Gasteiger partial charge in [0.1, 0.15) is 11.5 Å². The quantitative estimate of drug-likeness (QED) is 0.828. The summed E-state index contributed by atoms with van der Waals surface area (Å²) in [5.41, 5.74) is 0.114. The number of carbonyl (C=O) groups excluding carboxylic acids is 1. The first-order valence-electron chi connectivity index (χ1n) is 6.27. The van der Waals surface area contributed by atoms with Gasteiger partial charge in [-0.25, -0.2) is 4.79 Å². The van der Waals surface area contributed by atoms with E-state index in [9.17, 15) is 9.59 Å². The van der Waals surface area contributed by atoms with E-state index < -0.39 is 17.4 Å². The van der Waals surface area contributed by atoms with Crippen molar-refractivity contribution in [2.45, 2.75) is 24.8 Å². The molecule has 1 saturated heterocycles. The lowest BCUT2D eigenvalue weighted by atomic mass is 9.77. The smallest absolute Gasteiger partial charge is 0.326 e. The van der Waals surface area contributed by atoms with Gasteiger partial charge in [0.15, 0.2) is 0 Å². The molecule has 5 nitrogen and oxygen atoms in total. The Bertz CT molecular complexity index is 468. The van der Waals surface area contributed by atoms with E-state index in [0.717, 1.165) is 5.56 Å². The number of ether oxygens (including phenoxy) is 1. The van der Waals surface area contributed by atoms with E-state index >= 15 is 0 Å². The van der Waals surface area contributed by atoms with Gasteiger partial charge in [-0.15, -0.1) is 0 Å². The van der Waals surface area contributed by atoms with Crippen LogP contribution >= 0.6 is 0 Å². The minimum atomic E-state index is -1.01. The molecule has 0 aliphatic carbocycles. The first-order chi connectivity index (χ1) is 9.10. The molecule has 5 heteroatoms. The number of hydrogen-bond acceptors (Lipinski definition) is 3. The van der Waals surface area contributed by atoms with E-state index in [1.54, 1.807) is 6.92 Å². The molecular formula is C14H17NO4. The van der Waals surface area contributed by atoms with Gasteiger partial charge in [-0.1, -0.05) is 37.3 Å². The van der Waals surface area contributed by atoms with Gasteiger partial charge in [0.2, 0.25) is 5.91 Å². The minimum absolute atomic E-state index is 0.279. The third-order valence-corrected chi connectivity index (χ3v) is 3.47. The molecule has 0 radical (unpaired) electrons. The number of hydrogen-bond donors (Lipinski definition) is 2. The Morgan fingerprint density at radius 2 is 2.00 bits per heavy atom. The van der Waals surface area contributed by atoms with Crippen LogP contribution in [0.4, 0.5) is 0 Å². The number of aliphatic carboxylic acids is 1. The fourth-order valence-electron chi connectivity index (χ4n) is 2.13. The van der Waals surface area contributed by atoms with E-state index in [1.807, 2.05) is 30.3 Å². The standard InChI is InChI=1S/C14H17NO4/c1-2-11(12(16)17)15-13(18)14(8-19-9-14)10-6-4-3-5-7-10/h3-7,11H,2,8-9H2,1H3,(H,15,18)(H,16,17). The zero-order valence-electron chi connectivity index (χ0n) is 10.8. The van der Waals surface area contributed by atoms with Crippen molar-refractivity contribution in [1.82, 2.24) is 5.32 Å². The molecule has 1 amide bonds. The highest BCUT2D eigenvalue weighted by Gasteiger charge is 2.48. The molecule has 0 spiro atoms. The van der Waals surface area contributed by atoms with Crippen LogP contribution in [0.5, 0.6) is 0 Å². The number of benzene rings is 1. The normalized spacial score (nSPS) is 18.2. The number of amides is 1. The molecule has 0 aromatic heterocycles. The maximum absolute atomic E-state index is 12.4. The highest BCUT2D eigenvalue weighted by molar-refractivity contribution is 5.92. The molecule has 19 heavy (non-hydrogen) atoms. The number of nitrogens with one attached hydrogen (secondary N) is 1. The molecule has 2 rings (SSSR count). The molecule has 1 fully saturated rings. The summed E-state index contributed by atoms with van der Waals surface area (Å²) < 4.78 is 5.18. The lowest BCUT2D eigenvalue weighted by Gasteiger charge is -2.40. The van der Waals surface area contributed by atoms with Crippen LogP contribution in [0, 0.1) is 0 Å². The second-order valence-corrected chi connectivity index (χ2v) is 4.71. The van der Waals surface area contributed by atoms with Gasteiger partial charge in [0, 0.05) is 0 Å². The molecule has 0 saturated carbocycles. The van der Waals surface area contributed by atoms with E-state index in [-0.39, 0.29) is 5.91 Å². The lowest BCUT2D eigenvalue weighted by Crippen LogP contribution is -2.60. The predicted molar refractivity (Wildman–Crippen MR) is 68.8 cm³/mol. The average molecular weight is 263 g/mol. The average Bonchev–Trinajstić information content (AvgIpc) is 2.35. The monoisotopic (exact) mass is 263 g/mol. The van der Waals surface area contributed by atoms with Crippen LogP contribution in [-0.2, 0) is 19.7 Å². The van der Waals surface area contributed by atoms with Crippen molar-refractivity contribution < 1.29 is 19.4 Å². The van der Waals surface area contributed by atoms with Crippen molar-refractivity contribution in [3.63, 3.8) is 0 Å². The molecule has 1 aliphatic heterocycles. The summed E-state index contributed by atoms with van der Waals surface area (Å²) in [6.07, 6.45) is 0.354. The molecular weight excluding hydrogens is 246 g/mol. The van der Waals surface area contributed by atoms with Gasteiger partial charge in [0.25, 0.3) is 0 Å². The molecule has 0 bridgehead atoms. The molecule has 1 atom stereocenters. The van der Waals surface area contributed by atoms with E-state index in [2.05, 4.69) is 5.32 Å². The van der Waals surface area contributed by atoms with Gasteiger partial charge in [0.05, 0.1) is 13.2 Å². The Morgan fingerprint density at radius 1 is 1.37 bits per heavy atom. The summed E-state index contributed by atoms with van der Waals surface area (Å²) in [5, 5.41) is 11.6. The van der Waals surface area contributed by atoms with Crippen molar-refractivity contribution in [3.05, 3.63) is 35.9 Å². The maximum atomic E-state index is 12.4. The maximum Gasteiger partial charge on any atom is 0.326 e. The first-order valence-corrected chi connectivity index (χ1v) is 6.27. The fraction of sp³-hybridized carbons (Fsp3) is 0.429. The SMILES string of the molecule is CCC(NC(=O)C1(c2ccccc2)COC1)C(=O)O. The Labute approximate surface area is 111 Å². The molecule has 102 valence electrons. The largest absolute Gasteiger partial charge is 0.480 e. The number of carbonyl (C=O) groups is 2. The van der Waals surface area contributed by atoms with Crippen LogP contribution in [0.1, 0.15) is 18.9 Å². The third-order valence-electron chi connectivity index (χ3n) is 3.47. The van der Waals surface area contributed by atoms with Crippen LogP contribution in [0.3, 0.4) is 0 Å². The van der Waals surface area contributed by atoms with Crippen LogP contribution in [0.2, 0.25) is 0 Å². The summed E-state index contributed by atoms with van der Waals surface area (Å²) in [4.78, 5) is 23.4. The first kappa shape index (κ1) is 13.5. The van der Waals surface area contributed by atoms with Gasteiger partial charge in [-0.3, -0.25) is 4.79 Å². The zero-order chi connectivity index (χ0) is 13.9. The topological polar surface area (TPSA) is 75.6 Å². The zero-order valence-corrected chi connectivity index (χ0v) is 10.8. The van der Waals surface area contributed by atoms with Crippen molar-refractivity contribution in [2.24, 2.45) is 0 Å². The van der Waals surface area contributed by atoms with Crippen molar-refractivity contribution in [2.75, 3.05) is 13.2 Å². The second kappa shape index (κ2) is 5.40. The highest BCUT2D eigenvalue weighted by atomic mass is 16.5. The molecule has 1 aromatic carbocycles. The van der Waals surface area contributed by atoms with E-state index in [4.69, 9.17) is 9.84 Å². The number of carboxylic acids is 1. The Morgan fingerprint density at radius 3 is 2.42 bits per heavy atom. The fourth-order valence-corrected chi connectivity index (χ4v) is 2.13. The predicted octanol–water partition coefficient (Wildman–Crippen LogP) is 0.934. The number of carboxylic acid groups (broad SMARTS) is 1. The lowest BCUT2D eigenvalue weighted by molar-refractivity contribution is -0.151. The molecule has 1 heterocycles. The van der Waals surface area contributed by atoms with Crippen molar-refractivity contribution >= 4 is 11.9 Å². The summed E-state index contributed by atoms with van der Waals surface area (Å²) in [5.74, 6) is -1.29.